The summed E-state index contributed by atoms with van der Waals surface area (Å²) in [5, 5.41) is 6.59. The standard InChI is InChI=1S/C25H32N4OS2/c30-24(18-21-4-3-17-31-21)26-20-9-7-19(8-10-20)11-12-28-13-15-29(16-14-28)25-22-5-1-2-6-23(22)32-27-25/h1-6,17,19-20H,7-16,18H2,(H,26,30)/t19-,20-. The third kappa shape index (κ3) is 5.33. The second-order valence-corrected chi connectivity index (χ2v) is 11.0. The molecule has 3 heterocycles. The maximum absolute atomic E-state index is 12.3. The second kappa shape index (κ2) is 10.3. The van der Waals surface area contributed by atoms with Gasteiger partial charge in [-0.2, -0.15) is 4.37 Å². The van der Waals surface area contributed by atoms with Crippen molar-refractivity contribution in [3.05, 3.63) is 46.7 Å². The molecule has 0 atom stereocenters. The Bertz CT molecular complexity index is 1000. The number of benzene rings is 1. The molecular weight excluding hydrogens is 436 g/mol. The van der Waals surface area contributed by atoms with Gasteiger partial charge in [-0.05, 0) is 79.7 Å². The summed E-state index contributed by atoms with van der Waals surface area (Å²) < 4.78 is 6.01. The van der Waals surface area contributed by atoms with Crippen LogP contribution in [-0.2, 0) is 11.2 Å². The van der Waals surface area contributed by atoms with E-state index in [1.54, 1.807) is 22.9 Å². The van der Waals surface area contributed by atoms with Crippen molar-refractivity contribution < 1.29 is 4.79 Å². The highest BCUT2D eigenvalue weighted by molar-refractivity contribution is 7.13. The number of carbonyl (C=O) groups excluding carboxylic acids is 1. The summed E-state index contributed by atoms with van der Waals surface area (Å²) in [7, 11) is 0. The van der Waals surface area contributed by atoms with Gasteiger partial charge < -0.3 is 10.2 Å². The molecule has 1 aliphatic carbocycles. The SMILES string of the molecule is O=C(Cc1cccs1)N[C@H]1CC[C@H](CCN2CCN(c3nsc4ccccc34)CC2)CC1. The number of thiophene rings is 1. The van der Waals surface area contributed by atoms with Gasteiger partial charge in [-0.3, -0.25) is 9.69 Å². The summed E-state index contributed by atoms with van der Waals surface area (Å²) in [6, 6.07) is 13.0. The van der Waals surface area contributed by atoms with E-state index in [1.165, 1.54) is 41.7 Å². The Hall–Kier alpha value is -1.96. The van der Waals surface area contributed by atoms with E-state index in [4.69, 9.17) is 4.37 Å². The van der Waals surface area contributed by atoms with Crippen LogP contribution in [0.5, 0.6) is 0 Å². The van der Waals surface area contributed by atoms with E-state index >= 15 is 0 Å². The zero-order chi connectivity index (χ0) is 21.8. The first-order valence-corrected chi connectivity index (χ1v) is 13.5. The Morgan fingerprint density at radius 3 is 2.62 bits per heavy atom. The van der Waals surface area contributed by atoms with Gasteiger partial charge in [0.2, 0.25) is 5.91 Å². The molecule has 2 fully saturated rings. The van der Waals surface area contributed by atoms with E-state index in [0.717, 1.165) is 49.8 Å². The van der Waals surface area contributed by atoms with Crippen molar-refractivity contribution in [2.45, 2.75) is 44.6 Å². The number of hydrogen-bond donors (Lipinski definition) is 1. The van der Waals surface area contributed by atoms with Gasteiger partial charge in [-0.15, -0.1) is 11.3 Å². The van der Waals surface area contributed by atoms with Crippen molar-refractivity contribution in [1.29, 1.82) is 0 Å². The molecule has 0 radical (unpaired) electrons. The minimum atomic E-state index is 0.182. The van der Waals surface area contributed by atoms with Gasteiger partial charge in [0.15, 0.2) is 0 Å². The van der Waals surface area contributed by atoms with Gasteiger partial charge in [0.1, 0.15) is 5.82 Å². The zero-order valence-electron chi connectivity index (χ0n) is 18.5. The predicted molar refractivity (Wildman–Crippen MR) is 135 cm³/mol. The van der Waals surface area contributed by atoms with E-state index in [-0.39, 0.29) is 5.91 Å². The minimum absolute atomic E-state index is 0.182. The molecule has 2 aromatic heterocycles. The van der Waals surface area contributed by atoms with Crippen molar-refractivity contribution in [2.24, 2.45) is 5.92 Å². The summed E-state index contributed by atoms with van der Waals surface area (Å²) >= 11 is 3.27. The maximum Gasteiger partial charge on any atom is 0.225 e. The number of aromatic nitrogens is 1. The Morgan fingerprint density at radius 1 is 1.03 bits per heavy atom. The second-order valence-electron chi connectivity index (χ2n) is 9.16. The third-order valence-electron chi connectivity index (χ3n) is 7.01. The van der Waals surface area contributed by atoms with Gasteiger partial charge in [-0.1, -0.05) is 18.2 Å². The van der Waals surface area contributed by atoms with Gasteiger partial charge >= 0.3 is 0 Å². The highest BCUT2D eigenvalue weighted by atomic mass is 32.1. The molecular formula is C25H32N4OS2. The summed E-state index contributed by atoms with van der Waals surface area (Å²) in [4.78, 5) is 18.5. The first-order valence-electron chi connectivity index (χ1n) is 11.9. The molecule has 5 rings (SSSR count). The lowest BCUT2D eigenvalue weighted by atomic mass is 9.84. The smallest absolute Gasteiger partial charge is 0.225 e. The summed E-state index contributed by atoms with van der Waals surface area (Å²) in [5.41, 5.74) is 0. The highest BCUT2D eigenvalue weighted by Gasteiger charge is 2.25. The fraction of sp³-hybridized carbons (Fsp3) is 0.520. The van der Waals surface area contributed by atoms with Crippen LogP contribution in [0.1, 0.15) is 37.0 Å². The summed E-state index contributed by atoms with van der Waals surface area (Å²) in [5.74, 6) is 2.16. The van der Waals surface area contributed by atoms with Crippen LogP contribution in [0, 0.1) is 5.92 Å². The number of fused-ring (bicyclic) bond motifs is 1. The van der Waals surface area contributed by atoms with Gasteiger partial charge in [0, 0.05) is 42.5 Å². The largest absolute Gasteiger partial charge is 0.353 e. The monoisotopic (exact) mass is 468 g/mol. The van der Waals surface area contributed by atoms with Crippen molar-refractivity contribution in [1.82, 2.24) is 14.6 Å². The van der Waals surface area contributed by atoms with Gasteiger partial charge in [0.25, 0.3) is 0 Å². The number of rotatable bonds is 7. The van der Waals surface area contributed by atoms with Crippen LogP contribution in [0.15, 0.2) is 41.8 Å². The lowest BCUT2D eigenvalue weighted by Gasteiger charge is -2.36. The number of anilines is 1. The predicted octanol–water partition coefficient (Wildman–Crippen LogP) is 4.79. The highest BCUT2D eigenvalue weighted by Crippen LogP contribution is 2.30. The van der Waals surface area contributed by atoms with Gasteiger partial charge in [-0.25, -0.2) is 0 Å². The molecule has 1 saturated heterocycles. The summed E-state index contributed by atoms with van der Waals surface area (Å²) in [6.07, 6.45) is 6.57. The number of carbonyl (C=O) groups is 1. The topological polar surface area (TPSA) is 48.5 Å². The van der Waals surface area contributed by atoms with Crippen molar-refractivity contribution in [3.8, 4) is 0 Å². The summed E-state index contributed by atoms with van der Waals surface area (Å²) in [6.45, 7) is 5.58. The molecule has 1 amide bonds. The number of hydrogen-bond acceptors (Lipinski definition) is 6. The molecule has 0 bridgehead atoms. The zero-order valence-corrected chi connectivity index (χ0v) is 20.2. The van der Waals surface area contributed by atoms with Crippen LogP contribution in [0.25, 0.3) is 10.1 Å². The Morgan fingerprint density at radius 2 is 1.84 bits per heavy atom. The van der Waals surface area contributed by atoms with Crippen LogP contribution < -0.4 is 10.2 Å². The van der Waals surface area contributed by atoms with Crippen LogP contribution in [0.3, 0.4) is 0 Å². The Balaban J connectivity index is 1.01. The first kappa shape index (κ1) is 21.9. The molecule has 32 heavy (non-hydrogen) atoms. The molecule has 2 aliphatic rings. The number of piperazine rings is 1. The van der Waals surface area contributed by atoms with Crippen LogP contribution in [0.2, 0.25) is 0 Å². The lowest BCUT2D eigenvalue weighted by molar-refractivity contribution is -0.121. The van der Waals surface area contributed by atoms with Crippen LogP contribution >= 0.6 is 22.9 Å². The van der Waals surface area contributed by atoms with E-state index in [9.17, 15) is 4.79 Å². The molecule has 3 aromatic rings. The van der Waals surface area contributed by atoms with E-state index in [1.807, 2.05) is 17.5 Å². The quantitative estimate of drug-likeness (QED) is 0.542. The Labute approximate surface area is 198 Å². The first-order chi connectivity index (χ1) is 15.7. The molecule has 1 N–H and O–H groups in total. The fourth-order valence-electron chi connectivity index (χ4n) is 5.09. The van der Waals surface area contributed by atoms with Gasteiger partial charge in [0.05, 0.1) is 11.1 Å². The molecule has 0 unspecified atom stereocenters. The molecule has 1 aliphatic heterocycles. The lowest BCUT2D eigenvalue weighted by Crippen LogP contribution is -2.47. The molecule has 5 nitrogen and oxygen atoms in total. The van der Waals surface area contributed by atoms with E-state index < -0.39 is 0 Å². The normalized spacial score (nSPS) is 22.3. The van der Waals surface area contributed by atoms with E-state index in [2.05, 4.69) is 39.4 Å². The fourth-order valence-corrected chi connectivity index (χ4v) is 6.59. The molecule has 0 spiro atoms. The van der Waals surface area contributed by atoms with Crippen molar-refractivity contribution >= 4 is 44.7 Å². The minimum Gasteiger partial charge on any atom is -0.353 e. The average Bonchev–Trinajstić information content (AvgIpc) is 3.49. The average molecular weight is 469 g/mol. The molecule has 1 aromatic carbocycles. The van der Waals surface area contributed by atoms with E-state index in [0.29, 0.717) is 12.5 Å². The third-order valence-corrected chi connectivity index (χ3v) is 8.70. The maximum atomic E-state index is 12.3. The van der Waals surface area contributed by atoms with Crippen LogP contribution in [0.4, 0.5) is 5.82 Å². The number of nitrogens with zero attached hydrogens (tertiary/aromatic N) is 3. The van der Waals surface area contributed by atoms with Crippen molar-refractivity contribution in [3.63, 3.8) is 0 Å². The Kier molecular flexibility index (Phi) is 7.05. The van der Waals surface area contributed by atoms with Crippen LogP contribution in [-0.4, -0.2) is 53.9 Å². The number of nitrogens with one attached hydrogen (secondary N) is 1. The van der Waals surface area contributed by atoms with Crippen molar-refractivity contribution in [2.75, 3.05) is 37.6 Å². The molecule has 170 valence electrons. The number of amides is 1. The molecule has 1 saturated carbocycles. The molecule has 7 heteroatoms.